The topological polar surface area (TPSA) is 86.0 Å². The van der Waals surface area contributed by atoms with E-state index in [9.17, 15) is 22.8 Å². The molecule has 1 heterocycles. The highest BCUT2D eigenvalue weighted by atomic mass is 19.4. The van der Waals surface area contributed by atoms with E-state index in [2.05, 4.69) is 0 Å². The van der Waals surface area contributed by atoms with Crippen molar-refractivity contribution in [2.24, 2.45) is 0 Å². The first-order valence-electron chi connectivity index (χ1n) is 7.88. The number of alkyl halides is 3. The fourth-order valence-electron chi connectivity index (χ4n) is 2.70. The molecule has 0 saturated carbocycles. The highest BCUT2D eigenvalue weighted by Gasteiger charge is 2.40. The number of aliphatic carboxylic acids is 1. The van der Waals surface area contributed by atoms with Crippen molar-refractivity contribution in [1.29, 1.82) is 0 Å². The second-order valence-corrected chi connectivity index (χ2v) is 5.67. The van der Waals surface area contributed by atoms with E-state index < -0.39 is 35.5 Å². The van der Waals surface area contributed by atoms with Crippen LogP contribution in [0.25, 0.3) is 22.1 Å². The number of carboxylic acid groups (broad SMARTS) is 1. The summed E-state index contributed by atoms with van der Waals surface area (Å²) in [5.41, 5.74) is -2.00. The molecule has 0 spiro atoms. The summed E-state index contributed by atoms with van der Waals surface area (Å²) < 4.78 is 56.0. The van der Waals surface area contributed by atoms with Crippen LogP contribution in [0.5, 0.6) is 11.5 Å². The minimum Gasteiger partial charge on any atom is -0.496 e. The maximum absolute atomic E-state index is 13.6. The molecule has 9 heteroatoms. The highest BCUT2D eigenvalue weighted by Crippen LogP contribution is 2.40. The van der Waals surface area contributed by atoms with Crippen molar-refractivity contribution in [3.05, 3.63) is 58.4 Å². The minimum absolute atomic E-state index is 0.0452. The fraction of sp³-hybridized carbons (Fsp3) is 0.158. The number of carboxylic acids is 1. The van der Waals surface area contributed by atoms with Crippen molar-refractivity contribution < 1.29 is 37.0 Å². The van der Waals surface area contributed by atoms with E-state index >= 15 is 0 Å². The lowest BCUT2D eigenvalue weighted by atomic mass is 10.0. The highest BCUT2D eigenvalue weighted by molar-refractivity contribution is 5.85. The maximum Gasteiger partial charge on any atom is 0.450 e. The number of rotatable bonds is 5. The standard InChI is InChI=1S/C19H13F3O6/c1-26-13-5-3-2-4-11(13)16-17(25)12-7-6-10(27-9-15(23)24)8-14(12)28-18(16)19(20,21)22/h2-8H,9H2,1H3,(H,23,24). The molecule has 0 aliphatic heterocycles. The van der Waals surface area contributed by atoms with E-state index in [1.54, 1.807) is 6.07 Å². The van der Waals surface area contributed by atoms with Gasteiger partial charge < -0.3 is 19.0 Å². The lowest BCUT2D eigenvalue weighted by molar-refractivity contribution is -0.152. The number of carbonyl (C=O) groups is 1. The van der Waals surface area contributed by atoms with E-state index in [0.29, 0.717) is 0 Å². The molecule has 0 unspecified atom stereocenters. The summed E-state index contributed by atoms with van der Waals surface area (Å²) in [6.07, 6.45) is -4.96. The Morgan fingerprint density at radius 1 is 1.18 bits per heavy atom. The van der Waals surface area contributed by atoms with Gasteiger partial charge in [-0.15, -0.1) is 0 Å². The molecule has 0 saturated heterocycles. The Kier molecular flexibility index (Phi) is 5.00. The number of methoxy groups -OCH3 is 1. The van der Waals surface area contributed by atoms with Crippen LogP contribution in [0, 0.1) is 0 Å². The summed E-state index contributed by atoms with van der Waals surface area (Å²) >= 11 is 0. The summed E-state index contributed by atoms with van der Waals surface area (Å²) in [7, 11) is 1.28. The predicted molar refractivity (Wildman–Crippen MR) is 92.6 cm³/mol. The normalized spacial score (nSPS) is 11.4. The van der Waals surface area contributed by atoms with E-state index in [1.165, 1.54) is 37.4 Å². The fourth-order valence-corrected chi connectivity index (χ4v) is 2.70. The van der Waals surface area contributed by atoms with E-state index in [0.717, 1.165) is 6.07 Å². The number of hydrogen-bond donors (Lipinski definition) is 1. The number of fused-ring (bicyclic) bond motifs is 1. The Hall–Kier alpha value is -3.49. The molecule has 0 fully saturated rings. The molecular weight excluding hydrogens is 381 g/mol. The molecule has 0 atom stereocenters. The van der Waals surface area contributed by atoms with Gasteiger partial charge in [0.15, 0.2) is 6.61 Å². The molecule has 0 aliphatic rings. The van der Waals surface area contributed by atoms with Gasteiger partial charge in [0.05, 0.1) is 18.1 Å². The molecule has 3 aromatic rings. The monoisotopic (exact) mass is 394 g/mol. The van der Waals surface area contributed by atoms with Gasteiger partial charge in [0.1, 0.15) is 17.1 Å². The second-order valence-electron chi connectivity index (χ2n) is 5.67. The number of ether oxygens (including phenoxy) is 2. The molecule has 146 valence electrons. The van der Waals surface area contributed by atoms with Crippen molar-refractivity contribution in [2.75, 3.05) is 13.7 Å². The van der Waals surface area contributed by atoms with Gasteiger partial charge in [-0.3, -0.25) is 4.79 Å². The summed E-state index contributed by atoms with van der Waals surface area (Å²) in [5, 5.41) is 8.52. The van der Waals surface area contributed by atoms with E-state index in [4.69, 9.17) is 19.0 Å². The second kappa shape index (κ2) is 7.26. The molecule has 1 aromatic heterocycles. The average Bonchev–Trinajstić information content (AvgIpc) is 2.65. The number of halogens is 3. The Bertz CT molecular complexity index is 1100. The summed E-state index contributed by atoms with van der Waals surface area (Å²) in [6, 6.07) is 9.34. The third kappa shape index (κ3) is 3.64. The van der Waals surface area contributed by atoms with Crippen LogP contribution in [0.4, 0.5) is 13.2 Å². The van der Waals surface area contributed by atoms with Crippen molar-refractivity contribution in [2.45, 2.75) is 6.18 Å². The third-order valence-electron chi connectivity index (χ3n) is 3.86. The Morgan fingerprint density at radius 3 is 2.54 bits per heavy atom. The summed E-state index contributed by atoms with van der Waals surface area (Å²) in [5.74, 6) is -2.70. The Morgan fingerprint density at radius 2 is 1.89 bits per heavy atom. The molecule has 0 amide bonds. The smallest absolute Gasteiger partial charge is 0.450 e. The first kappa shape index (κ1) is 19.3. The predicted octanol–water partition coefficient (Wildman–Crippen LogP) is 3.95. The number of benzene rings is 2. The first-order chi connectivity index (χ1) is 13.2. The lowest BCUT2D eigenvalue weighted by Gasteiger charge is -2.15. The van der Waals surface area contributed by atoms with Crippen LogP contribution < -0.4 is 14.9 Å². The molecule has 3 rings (SSSR count). The van der Waals surface area contributed by atoms with Gasteiger partial charge in [0.2, 0.25) is 11.2 Å². The van der Waals surface area contributed by atoms with Crippen LogP contribution in [0.1, 0.15) is 5.76 Å². The van der Waals surface area contributed by atoms with Crippen LogP contribution in [0.3, 0.4) is 0 Å². The van der Waals surface area contributed by atoms with Gasteiger partial charge in [0.25, 0.3) is 0 Å². The zero-order chi connectivity index (χ0) is 20.5. The van der Waals surface area contributed by atoms with Crippen molar-refractivity contribution in [3.8, 4) is 22.6 Å². The van der Waals surface area contributed by atoms with E-state index in [-0.39, 0.29) is 28.0 Å². The van der Waals surface area contributed by atoms with Gasteiger partial charge in [-0.2, -0.15) is 13.2 Å². The summed E-state index contributed by atoms with van der Waals surface area (Å²) in [4.78, 5) is 23.5. The molecule has 0 aliphatic carbocycles. The Labute approximate surface area is 155 Å². The molecule has 2 aromatic carbocycles. The molecule has 0 radical (unpaired) electrons. The van der Waals surface area contributed by atoms with Crippen molar-refractivity contribution in [3.63, 3.8) is 0 Å². The first-order valence-corrected chi connectivity index (χ1v) is 7.88. The molecule has 28 heavy (non-hydrogen) atoms. The molecular formula is C19H13F3O6. The average molecular weight is 394 g/mol. The van der Waals surface area contributed by atoms with Crippen LogP contribution >= 0.6 is 0 Å². The van der Waals surface area contributed by atoms with Gasteiger partial charge in [-0.05, 0) is 18.2 Å². The number of hydrogen-bond acceptors (Lipinski definition) is 5. The van der Waals surface area contributed by atoms with Crippen LogP contribution in [0.15, 0.2) is 51.7 Å². The van der Waals surface area contributed by atoms with Crippen molar-refractivity contribution >= 4 is 16.9 Å². The minimum atomic E-state index is -4.96. The van der Waals surface area contributed by atoms with Crippen LogP contribution in [-0.2, 0) is 11.0 Å². The molecule has 0 bridgehead atoms. The summed E-state index contributed by atoms with van der Waals surface area (Å²) in [6.45, 7) is -0.693. The quantitative estimate of drug-likeness (QED) is 0.705. The third-order valence-corrected chi connectivity index (χ3v) is 3.86. The van der Waals surface area contributed by atoms with E-state index in [1.807, 2.05) is 0 Å². The van der Waals surface area contributed by atoms with Crippen LogP contribution in [0.2, 0.25) is 0 Å². The van der Waals surface area contributed by atoms with Gasteiger partial charge in [-0.1, -0.05) is 18.2 Å². The zero-order valence-electron chi connectivity index (χ0n) is 14.4. The molecule has 6 nitrogen and oxygen atoms in total. The Balaban J connectivity index is 2.29. The van der Waals surface area contributed by atoms with Gasteiger partial charge >= 0.3 is 12.1 Å². The number of para-hydroxylation sites is 1. The van der Waals surface area contributed by atoms with Gasteiger partial charge in [0, 0.05) is 11.6 Å². The van der Waals surface area contributed by atoms with Crippen molar-refractivity contribution in [1.82, 2.24) is 0 Å². The van der Waals surface area contributed by atoms with Gasteiger partial charge in [-0.25, -0.2) is 4.79 Å². The SMILES string of the molecule is COc1ccccc1-c1c(C(F)(F)F)oc2cc(OCC(=O)O)ccc2c1=O. The lowest BCUT2D eigenvalue weighted by Crippen LogP contribution is -2.16. The molecule has 1 N–H and O–H groups in total. The largest absolute Gasteiger partial charge is 0.496 e. The maximum atomic E-state index is 13.6. The zero-order valence-corrected chi connectivity index (χ0v) is 14.4. The van der Waals surface area contributed by atoms with Crippen LogP contribution in [-0.4, -0.2) is 24.8 Å².